The van der Waals surface area contributed by atoms with Crippen LogP contribution < -0.4 is 0 Å². The molecule has 3 nitrogen and oxygen atoms in total. The molecule has 0 spiro atoms. The van der Waals surface area contributed by atoms with Crippen LogP contribution in [0.4, 0.5) is 0 Å². The quantitative estimate of drug-likeness (QED) is 0.216. The van der Waals surface area contributed by atoms with Gasteiger partial charge >= 0.3 is 5.97 Å². The molecular weight excluding hydrogens is 454 g/mol. The van der Waals surface area contributed by atoms with Gasteiger partial charge in [0.1, 0.15) is 6.10 Å². The Bertz CT molecular complexity index is 817. The van der Waals surface area contributed by atoms with Crippen LogP contribution >= 0.6 is 0 Å². The summed E-state index contributed by atoms with van der Waals surface area (Å²) in [6, 6.07) is 0. The van der Waals surface area contributed by atoms with Crippen LogP contribution in [0.2, 0.25) is 0 Å². The van der Waals surface area contributed by atoms with E-state index in [1.54, 1.807) is 5.57 Å². The molecule has 4 rings (SSSR count). The van der Waals surface area contributed by atoms with Crippen LogP contribution in [0.25, 0.3) is 0 Å². The number of rotatable bonds is 10. The first-order chi connectivity index (χ1) is 17.5. The second-order valence-electron chi connectivity index (χ2n) is 14.9. The summed E-state index contributed by atoms with van der Waals surface area (Å²) in [7, 11) is 4.03. The summed E-state index contributed by atoms with van der Waals surface area (Å²) in [6.45, 7) is 15.9. The van der Waals surface area contributed by atoms with Crippen molar-refractivity contribution in [2.24, 2.45) is 52.3 Å². The first kappa shape index (κ1) is 29.2. The van der Waals surface area contributed by atoms with Gasteiger partial charge in [-0.25, -0.2) is 0 Å². The largest absolute Gasteiger partial charge is 0.462 e. The van der Waals surface area contributed by atoms with Crippen LogP contribution in [0, 0.1) is 52.3 Å². The van der Waals surface area contributed by atoms with Crippen molar-refractivity contribution in [2.75, 3.05) is 20.6 Å². The van der Waals surface area contributed by atoms with Gasteiger partial charge in [-0.1, -0.05) is 66.0 Å². The Kier molecular flexibility index (Phi) is 9.24. The Morgan fingerprint density at radius 2 is 1.81 bits per heavy atom. The van der Waals surface area contributed by atoms with Crippen molar-refractivity contribution in [1.29, 1.82) is 0 Å². The lowest BCUT2D eigenvalue weighted by Crippen LogP contribution is -2.51. The van der Waals surface area contributed by atoms with Crippen molar-refractivity contribution < 1.29 is 9.53 Å². The van der Waals surface area contributed by atoms with Crippen molar-refractivity contribution in [1.82, 2.24) is 4.90 Å². The monoisotopic (exact) mass is 513 g/mol. The number of fused-ring (bicyclic) bond motifs is 5. The van der Waals surface area contributed by atoms with Crippen molar-refractivity contribution in [2.45, 2.75) is 125 Å². The first-order valence-electron chi connectivity index (χ1n) is 16.0. The Morgan fingerprint density at radius 3 is 2.49 bits per heavy atom. The molecule has 3 heteroatoms. The summed E-state index contributed by atoms with van der Waals surface area (Å²) in [5, 5.41) is 0. The minimum Gasteiger partial charge on any atom is -0.462 e. The molecule has 0 heterocycles. The molecule has 37 heavy (non-hydrogen) atoms. The number of carbonyl (C=O) groups is 1. The molecule has 0 aromatic heterocycles. The van der Waals surface area contributed by atoms with Gasteiger partial charge in [-0.3, -0.25) is 4.79 Å². The summed E-state index contributed by atoms with van der Waals surface area (Å²) >= 11 is 0. The molecule has 0 saturated heterocycles. The van der Waals surface area contributed by atoms with E-state index in [2.05, 4.69) is 52.5 Å². The number of ether oxygens (including phenoxy) is 1. The van der Waals surface area contributed by atoms with Gasteiger partial charge in [-0.05, 0) is 118 Å². The van der Waals surface area contributed by atoms with Crippen molar-refractivity contribution in [3.8, 4) is 0 Å². The summed E-state index contributed by atoms with van der Waals surface area (Å²) in [6.07, 6.45) is 17.6. The highest BCUT2D eigenvalue weighted by Crippen LogP contribution is 2.67. The van der Waals surface area contributed by atoms with E-state index in [1.165, 1.54) is 57.8 Å². The zero-order valence-electron chi connectivity index (χ0n) is 25.7. The number of nitrogens with zero attached hydrogens (tertiary/aromatic N) is 1. The molecular formula is C34H59NO2. The van der Waals surface area contributed by atoms with Crippen molar-refractivity contribution in [3.05, 3.63) is 11.6 Å². The van der Waals surface area contributed by atoms with Gasteiger partial charge in [0.2, 0.25) is 0 Å². The normalized spacial score (nSPS) is 39.0. The van der Waals surface area contributed by atoms with Crippen LogP contribution in [0.1, 0.15) is 119 Å². The molecule has 0 aliphatic heterocycles. The van der Waals surface area contributed by atoms with E-state index in [0.29, 0.717) is 17.3 Å². The lowest BCUT2D eigenvalue weighted by Gasteiger charge is -2.58. The van der Waals surface area contributed by atoms with Crippen LogP contribution in [-0.4, -0.2) is 37.6 Å². The Morgan fingerprint density at radius 1 is 1.05 bits per heavy atom. The van der Waals surface area contributed by atoms with Crippen molar-refractivity contribution in [3.63, 3.8) is 0 Å². The lowest BCUT2D eigenvalue weighted by molar-refractivity contribution is -0.151. The van der Waals surface area contributed by atoms with E-state index in [4.69, 9.17) is 4.74 Å². The predicted molar refractivity (Wildman–Crippen MR) is 155 cm³/mol. The Labute approximate surface area is 229 Å². The van der Waals surface area contributed by atoms with Gasteiger partial charge in [-0.2, -0.15) is 0 Å². The van der Waals surface area contributed by atoms with Gasteiger partial charge in [0, 0.05) is 13.0 Å². The SMILES string of the molecule is CC[C@H](CC[C@@H](C)[C@H]1CC[C@H]2[C@@H]3CC=C4C[C@@H](OC(=O)CCN(C)C)CC[C@]4(C)[C@H]3CC[C@]12C)C(C)C. The molecule has 0 radical (unpaired) electrons. The zero-order valence-corrected chi connectivity index (χ0v) is 25.7. The maximum atomic E-state index is 12.4. The number of allylic oxidation sites excluding steroid dienone is 1. The molecule has 0 unspecified atom stereocenters. The summed E-state index contributed by atoms with van der Waals surface area (Å²) in [5.74, 6) is 6.07. The fourth-order valence-corrected chi connectivity index (χ4v) is 9.95. The Balaban J connectivity index is 1.40. The zero-order chi connectivity index (χ0) is 27.0. The van der Waals surface area contributed by atoms with E-state index < -0.39 is 0 Å². The number of hydrogen-bond acceptors (Lipinski definition) is 3. The summed E-state index contributed by atoms with van der Waals surface area (Å²) < 4.78 is 5.95. The number of hydrogen-bond donors (Lipinski definition) is 0. The van der Waals surface area contributed by atoms with Crippen LogP contribution in [0.5, 0.6) is 0 Å². The maximum absolute atomic E-state index is 12.4. The molecule has 9 atom stereocenters. The van der Waals surface area contributed by atoms with E-state index >= 15 is 0 Å². The third-order valence-electron chi connectivity index (χ3n) is 12.3. The topological polar surface area (TPSA) is 29.5 Å². The number of carbonyl (C=O) groups excluding carboxylic acids is 1. The van der Waals surface area contributed by atoms with Crippen LogP contribution in [0.15, 0.2) is 11.6 Å². The molecule has 4 aliphatic carbocycles. The predicted octanol–water partition coefficient (Wildman–Crippen LogP) is 8.53. The third kappa shape index (κ3) is 5.87. The minimum absolute atomic E-state index is 0.0187. The Hall–Kier alpha value is -0.830. The van der Waals surface area contributed by atoms with E-state index in [0.717, 1.165) is 60.8 Å². The van der Waals surface area contributed by atoms with E-state index in [-0.39, 0.29) is 12.1 Å². The minimum atomic E-state index is -0.0187. The lowest BCUT2D eigenvalue weighted by atomic mass is 9.47. The summed E-state index contributed by atoms with van der Waals surface area (Å²) in [4.78, 5) is 14.5. The van der Waals surface area contributed by atoms with Gasteiger partial charge in [0.25, 0.3) is 0 Å². The molecule has 0 aromatic rings. The molecule has 0 amide bonds. The average Bonchev–Trinajstić information content (AvgIpc) is 3.20. The molecule has 212 valence electrons. The molecule has 4 aliphatic rings. The third-order valence-corrected chi connectivity index (χ3v) is 12.3. The van der Waals surface area contributed by atoms with E-state index in [1.807, 2.05) is 14.1 Å². The standard InChI is InChI=1S/C34H59NO2/c1-9-25(23(2)3)11-10-24(4)29-14-15-30-28-13-12-26-22-27(37-32(36)18-21-35(7)8)16-19-33(26,5)31(28)17-20-34(29,30)6/h12,23-25,27-31H,9-11,13-22H2,1-8H3/t24-,25-,27+,28+,29-,30+,31+,33+,34-/m1/s1. The second-order valence-corrected chi connectivity index (χ2v) is 14.9. The fourth-order valence-electron chi connectivity index (χ4n) is 9.95. The van der Waals surface area contributed by atoms with Gasteiger partial charge < -0.3 is 9.64 Å². The molecule has 0 aromatic carbocycles. The van der Waals surface area contributed by atoms with Gasteiger partial charge in [-0.15, -0.1) is 0 Å². The fraction of sp³-hybridized carbons (Fsp3) is 0.912. The molecule has 3 fully saturated rings. The highest BCUT2D eigenvalue weighted by atomic mass is 16.5. The van der Waals surface area contributed by atoms with Gasteiger partial charge in [0.15, 0.2) is 0 Å². The highest BCUT2D eigenvalue weighted by molar-refractivity contribution is 5.69. The van der Waals surface area contributed by atoms with Crippen molar-refractivity contribution >= 4 is 5.97 Å². The number of esters is 1. The average molecular weight is 514 g/mol. The molecule has 3 saturated carbocycles. The first-order valence-corrected chi connectivity index (χ1v) is 16.0. The molecule has 0 N–H and O–H groups in total. The van der Waals surface area contributed by atoms with Crippen LogP contribution in [-0.2, 0) is 9.53 Å². The molecule has 0 bridgehead atoms. The second kappa shape index (κ2) is 11.7. The highest BCUT2D eigenvalue weighted by Gasteiger charge is 2.59. The maximum Gasteiger partial charge on any atom is 0.307 e. The van der Waals surface area contributed by atoms with E-state index in [9.17, 15) is 4.79 Å². The summed E-state index contributed by atoms with van der Waals surface area (Å²) in [5.41, 5.74) is 2.49. The van der Waals surface area contributed by atoms with Crippen LogP contribution in [0.3, 0.4) is 0 Å². The van der Waals surface area contributed by atoms with Gasteiger partial charge in [0.05, 0.1) is 6.42 Å². The smallest absolute Gasteiger partial charge is 0.307 e.